The zero-order valence-electron chi connectivity index (χ0n) is 16.1. The zero-order valence-corrected chi connectivity index (χ0v) is 16.1. The number of hydrogen-bond donors (Lipinski definition) is 1. The molecule has 4 atom stereocenters. The van der Waals surface area contributed by atoms with Crippen LogP contribution in [0, 0.1) is 22.7 Å². The molecule has 2 saturated carbocycles. The number of ether oxygens (including phenoxy) is 1. The van der Waals surface area contributed by atoms with Crippen molar-refractivity contribution in [3.8, 4) is 0 Å². The Hall–Kier alpha value is -1.84. The minimum absolute atomic E-state index is 0.0545. The molecule has 4 heteroatoms. The van der Waals surface area contributed by atoms with Gasteiger partial charge in [0, 0.05) is 16.9 Å². The van der Waals surface area contributed by atoms with Gasteiger partial charge in [-0.05, 0) is 49.2 Å². The van der Waals surface area contributed by atoms with E-state index in [9.17, 15) is 14.7 Å². The second-order valence-electron chi connectivity index (χ2n) is 9.50. The van der Waals surface area contributed by atoms with E-state index in [1.807, 2.05) is 0 Å². The Balaban J connectivity index is 1.89. The number of aliphatic hydroxyl groups excluding tert-OH is 1. The molecule has 0 aromatic carbocycles. The molecule has 26 heavy (non-hydrogen) atoms. The first kappa shape index (κ1) is 17.6. The number of hydrogen-bond acceptors (Lipinski definition) is 4. The molecule has 0 aromatic heterocycles. The van der Waals surface area contributed by atoms with Crippen LogP contribution in [0.25, 0.3) is 0 Å². The van der Waals surface area contributed by atoms with Crippen molar-refractivity contribution in [2.75, 3.05) is 0 Å². The van der Waals surface area contributed by atoms with Gasteiger partial charge in [0.1, 0.15) is 16.9 Å². The fourth-order valence-corrected chi connectivity index (χ4v) is 6.45. The maximum absolute atomic E-state index is 12.2. The lowest BCUT2D eigenvalue weighted by Crippen LogP contribution is -2.61. The van der Waals surface area contributed by atoms with Crippen LogP contribution in [0.15, 0.2) is 34.8 Å². The molecule has 4 aliphatic rings. The van der Waals surface area contributed by atoms with Crippen molar-refractivity contribution >= 4 is 12.1 Å². The maximum atomic E-state index is 12.2. The van der Waals surface area contributed by atoms with Crippen LogP contribution in [-0.2, 0) is 14.3 Å². The van der Waals surface area contributed by atoms with E-state index in [1.54, 1.807) is 0 Å². The summed E-state index contributed by atoms with van der Waals surface area (Å²) in [5.74, 6) is 0.141. The molecule has 0 bridgehead atoms. The van der Waals surface area contributed by atoms with E-state index in [1.165, 1.54) is 18.9 Å². The Labute approximate surface area is 155 Å². The van der Waals surface area contributed by atoms with Crippen molar-refractivity contribution in [1.82, 2.24) is 0 Å². The number of ketones is 1. The van der Waals surface area contributed by atoms with E-state index < -0.39 is 11.4 Å². The van der Waals surface area contributed by atoms with Crippen LogP contribution in [0.3, 0.4) is 0 Å². The molecular weight excluding hydrogens is 328 g/mol. The van der Waals surface area contributed by atoms with Crippen LogP contribution >= 0.6 is 0 Å². The van der Waals surface area contributed by atoms with Crippen molar-refractivity contribution in [2.45, 2.75) is 65.4 Å². The van der Waals surface area contributed by atoms with E-state index >= 15 is 0 Å². The van der Waals surface area contributed by atoms with E-state index in [0.717, 1.165) is 19.3 Å². The lowest BCUT2D eigenvalue weighted by atomic mass is 9.45. The van der Waals surface area contributed by atoms with Gasteiger partial charge in [-0.1, -0.05) is 34.1 Å². The van der Waals surface area contributed by atoms with Gasteiger partial charge in [-0.3, -0.25) is 9.59 Å². The minimum atomic E-state index is -0.640. The smallest absolute Gasteiger partial charge is 0.234 e. The van der Waals surface area contributed by atoms with Gasteiger partial charge in [0.15, 0.2) is 12.0 Å². The molecule has 0 saturated heterocycles. The van der Waals surface area contributed by atoms with Gasteiger partial charge in [0.2, 0.25) is 5.78 Å². The van der Waals surface area contributed by atoms with Crippen molar-refractivity contribution in [2.24, 2.45) is 22.7 Å². The zero-order chi connectivity index (χ0) is 18.9. The third kappa shape index (κ3) is 2.02. The van der Waals surface area contributed by atoms with Gasteiger partial charge < -0.3 is 9.84 Å². The maximum Gasteiger partial charge on any atom is 0.234 e. The first-order chi connectivity index (χ1) is 12.2. The van der Waals surface area contributed by atoms with Crippen LogP contribution < -0.4 is 0 Å². The molecule has 4 nitrogen and oxygen atoms in total. The van der Waals surface area contributed by atoms with Gasteiger partial charge in [0.25, 0.3) is 0 Å². The number of carbonyl (C=O) groups is 2. The molecule has 140 valence electrons. The molecule has 0 radical (unpaired) electrons. The molecule has 4 rings (SSSR count). The number of allylic oxidation sites excluding steroid dienone is 2. The number of aliphatic hydroxyl groups is 1. The van der Waals surface area contributed by atoms with E-state index in [2.05, 4.69) is 33.8 Å². The highest BCUT2D eigenvalue weighted by Gasteiger charge is 2.64. The highest BCUT2D eigenvalue weighted by Crippen LogP contribution is 2.66. The lowest BCUT2D eigenvalue weighted by molar-refractivity contribution is -0.184. The fraction of sp³-hybridized carbons (Fsp3) is 0.636. The van der Waals surface area contributed by atoms with E-state index in [0.29, 0.717) is 23.5 Å². The summed E-state index contributed by atoms with van der Waals surface area (Å²) in [5.41, 5.74) is 0.270. The second-order valence-corrected chi connectivity index (χ2v) is 9.50. The van der Waals surface area contributed by atoms with Crippen molar-refractivity contribution in [1.29, 1.82) is 0 Å². The van der Waals surface area contributed by atoms with Crippen molar-refractivity contribution < 1.29 is 19.4 Å². The van der Waals surface area contributed by atoms with Crippen molar-refractivity contribution in [3.63, 3.8) is 0 Å². The van der Waals surface area contributed by atoms with Gasteiger partial charge in [-0.2, -0.15) is 0 Å². The molecule has 3 aliphatic carbocycles. The molecule has 0 unspecified atom stereocenters. The second kappa shape index (κ2) is 5.34. The summed E-state index contributed by atoms with van der Waals surface area (Å²) in [6.45, 7) is 9.26. The first-order valence-electron chi connectivity index (χ1n) is 9.73. The van der Waals surface area contributed by atoms with Gasteiger partial charge in [-0.25, -0.2) is 0 Å². The topological polar surface area (TPSA) is 63.6 Å². The van der Waals surface area contributed by atoms with E-state index in [4.69, 9.17) is 4.74 Å². The Bertz CT molecular complexity index is 784. The predicted octanol–water partition coefficient (Wildman–Crippen LogP) is 4.42. The number of Topliss-reactive ketones (excluding diaryl/α,β-unsaturated/α-hetero) is 1. The third-order valence-electron chi connectivity index (χ3n) is 7.78. The summed E-state index contributed by atoms with van der Waals surface area (Å²) in [7, 11) is 0. The first-order valence-corrected chi connectivity index (χ1v) is 9.73. The molecule has 0 amide bonds. The summed E-state index contributed by atoms with van der Waals surface area (Å²) >= 11 is 0. The van der Waals surface area contributed by atoms with Gasteiger partial charge in [0.05, 0.1) is 0 Å². The summed E-state index contributed by atoms with van der Waals surface area (Å²) in [4.78, 5) is 23.8. The number of rotatable bonds is 1. The summed E-state index contributed by atoms with van der Waals surface area (Å²) in [6.07, 6.45) is 9.77. The quantitative estimate of drug-likeness (QED) is 0.558. The number of fused-ring (bicyclic) bond motifs is 3. The number of aldehydes is 1. The summed E-state index contributed by atoms with van der Waals surface area (Å²) < 4.78 is 6.57. The SMILES string of the molecule is C[C@@H]1CC[C@H]2C(C)(C)CCC[C@]2(C)[C@]12C=C1C=C(O)C(=O)C(C=O)=C1O2. The third-order valence-corrected chi connectivity index (χ3v) is 7.78. The Morgan fingerprint density at radius 3 is 2.65 bits per heavy atom. The van der Waals surface area contributed by atoms with Crippen LogP contribution in [-0.4, -0.2) is 22.8 Å². The van der Waals surface area contributed by atoms with Crippen LogP contribution in [0.4, 0.5) is 0 Å². The standard InChI is InChI=1S/C22H28O4/c1-13-6-7-17-20(2,3)8-5-9-21(17,4)22(13)11-14-10-16(24)18(25)15(12-23)19(14)26-22/h10-13,17,24H,5-9H2,1-4H3/t13-,17+,21+,22+/m1/s1. The van der Waals surface area contributed by atoms with E-state index in [-0.39, 0.29) is 28.1 Å². The largest absolute Gasteiger partial charge is 0.504 e. The lowest BCUT2D eigenvalue weighted by Gasteiger charge is -2.62. The highest BCUT2D eigenvalue weighted by atomic mass is 16.5. The average molecular weight is 356 g/mol. The predicted molar refractivity (Wildman–Crippen MR) is 98.3 cm³/mol. The number of carbonyl (C=O) groups excluding carboxylic acids is 2. The molecule has 1 aliphatic heterocycles. The molecule has 1 N–H and O–H groups in total. The Kier molecular flexibility index (Phi) is 3.61. The summed E-state index contributed by atoms with van der Waals surface area (Å²) in [5, 5.41) is 9.98. The van der Waals surface area contributed by atoms with Crippen LogP contribution in [0.5, 0.6) is 0 Å². The van der Waals surface area contributed by atoms with Crippen LogP contribution in [0.1, 0.15) is 59.8 Å². The normalized spacial score (nSPS) is 41.2. The molecular formula is C22H28O4. The molecule has 2 fully saturated rings. The average Bonchev–Trinajstić information content (AvgIpc) is 2.94. The molecule has 1 spiro atoms. The monoisotopic (exact) mass is 356 g/mol. The summed E-state index contributed by atoms with van der Waals surface area (Å²) in [6, 6.07) is 0. The fourth-order valence-electron chi connectivity index (χ4n) is 6.45. The molecule has 0 aromatic rings. The molecule has 1 heterocycles. The van der Waals surface area contributed by atoms with Gasteiger partial charge >= 0.3 is 0 Å². The van der Waals surface area contributed by atoms with Gasteiger partial charge in [-0.15, -0.1) is 0 Å². The highest BCUT2D eigenvalue weighted by molar-refractivity contribution is 6.21. The minimum Gasteiger partial charge on any atom is -0.504 e. The van der Waals surface area contributed by atoms with Crippen molar-refractivity contribution in [3.05, 3.63) is 34.8 Å². The van der Waals surface area contributed by atoms with Crippen LogP contribution in [0.2, 0.25) is 0 Å². The Morgan fingerprint density at radius 2 is 1.96 bits per heavy atom. The Morgan fingerprint density at radius 1 is 1.23 bits per heavy atom.